The molecule has 130 valence electrons. The van der Waals surface area contributed by atoms with E-state index >= 15 is 0 Å². The molecule has 0 aromatic carbocycles. The Morgan fingerprint density at radius 2 is 1.82 bits per heavy atom. The molecule has 2 atom stereocenters. The van der Waals surface area contributed by atoms with Gasteiger partial charge in [0.25, 0.3) is 0 Å². The van der Waals surface area contributed by atoms with E-state index < -0.39 is 34.5 Å². The molecule has 0 aromatic rings. The summed E-state index contributed by atoms with van der Waals surface area (Å²) in [4.78, 5) is 22.7. The van der Waals surface area contributed by atoms with Gasteiger partial charge in [-0.2, -0.15) is 0 Å². The minimum Gasteiger partial charge on any atom is -0.480 e. The lowest BCUT2D eigenvalue weighted by molar-refractivity contribution is -0.143. The van der Waals surface area contributed by atoms with Gasteiger partial charge in [0.15, 0.2) is 0 Å². The van der Waals surface area contributed by atoms with Gasteiger partial charge in [-0.1, -0.05) is 20.3 Å². The van der Waals surface area contributed by atoms with Gasteiger partial charge in [-0.15, -0.1) is 0 Å². The van der Waals surface area contributed by atoms with Crippen molar-refractivity contribution in [2.45, 2.75) is 46.3 Å². The highest BCUT2D eigenvalue weighted by Gasteiger charge is 2.25. The van der Waals surface area contributed by atoms with Crippen molar-refractivity contribution in [2.24, 2.45) is 5.92 Å². The van der Waals surface area contributed by atoms with Gasteiger partial charge in [0, 0.05) is 0 Å². The fourth-order valence-corrected chi connectivity index (χ4v) is 2.36. The highest BCUT2D eigenvalue weighted by Crippen LogP contribution is 2.07. The highest BCUT2D eigenvalue weighted by molar-refractivity contribution is 7.89. The second-order valence-electron chi connectivity index (χ2n) is 5.33. The van der Waals surface area contributed by atoms with Crippen LogP contribution in [0.15, 0.2) is 0 Å². The van der Waals surface area contributed by atoms with Gasteiger partial charge in [0.1, 0.15) is 6.04 Å². The normalized spacial score (nSPS) is 14.6. The van der Waals surface area contributed by atoms with Crippen LogP contribution in [0.25, 0.3) is 0 Å². The van der Waals surface area contributed by atoms with E-state index in [4.69, 9.17) is 9.84 Å². The number of carbonyl (C=O) groups excluding carboxylic acids is 1. The molecule has 0 saturated heterocycles. The van der Waals surface area contributed by atoms with Crippen molar-refractivity contribution in [2.75, 3.05) is 18.9 Å². The van der Waals surface area contributed by atoms with E-state index in [1.807, 2.05) is 6.92 Å². The van der Waals surface area contributed by atoms with Gasteiger partial charge >= 0.3 is 5.97 Å². The first-order valence-electron chi connectivity index (χ1n) is 7.20. The SMILES string of the molecule is CC[C@H](C)[C@H](NC(=O)CNS(=O)(=O)CCOC(C)C)C(=O)O. The van der Waals surface area contributed by atoms with Crippen molar-refractivity contribution in [1.82, 2.24) is 10.0 Å². The fourth-order valence-electron chi connectivity index (χ4n) is 1.55. The predicted molar refractivity (Wildman–Crippen MR) is 81.9 cm³/mol. The molecule has 0 aliphatic heterocycles. The Morgan fingerprint density at radius 3 is 2.27 bits per heavy atom. The number of ether oxygens (including phenoxy) is 1. The van der Waals surface area contributed by atoms with Crippen LogP contribution in [0.5, 0.6) is 0 Å². The van der Waals surface area contributed by atoms with Crippen LogP contribution in [-0.4, -0.2) is 56.5 Å². The summed E-state index contributed by atoms with van der Waals surface area (Å²) in [6, 6.07) is -1.04. The second kappa shape index (κ2) is 9.75. The predicted octanol–water partition coefficient (Wildman–Crippen LogP) is -0.0537. The van der Waals surface area contributed by atoms with Crippen LogP contribution in [0.1, 0.15) is 34.1 Å². The monoisotopic (exact) mass is 338 g/mol. The smallest absolute Gasteiger partial charge is 0.326 e. The van der Waals surface area contributed by atoms with Crippen LogP contribution in [0.4, 0.5) is 0 Å². The Labute approximate surface area is 131 Å². The topological polar surface area (TPSA) is 122 Å². The van der Waals surface area contributed by atoms with E-state index in [-0.39, 0.29) is 24.4 Å². The van der Waals surface area contributed by atoms with Crippen LogP contribution < -0.4 is 10.0 Å². The quantitative estimate of drug-likeness (QED) is 0.485. The van der Waals surface area contributed by atoms with E-state index in [2.05, 4.69) is 10.0 Å². The van der Waals surface area contributed by atoms with Crippen LogP contribution >= 0.6 is 0 Å². The first-order chi connectivity index (χ1) is 10.1. The van der Waals surface area contributed by atoms with Crippen molar-refractivity contribution in [3.05, 3.63) is 0 Å². The summed E-state index contributed by atoms with van der Waals surface area (Å²) in [7, 11) is -3.64. The first kappa shape index (κ1) is 20.8. The van der Waals surface area contributed by atoms with Gasteiger partial charge in [-0.3, -0.25) is 4.79 Å². The molecule has 0 unspecified atom stereocenters. The Hall–Kier alpha value is -1.19. The zero-order chi connectivity index (χ0) is 17.3. The summed E-state index contributed by atoms with van der Waals surface area (Å²) < 4.78 is 30.5. The Kier molecular flexibility index (Phi) is 9.22. The number of carbonyl (C=O) groups is 2. The average Bonchev–Trinajstić information content (AvgIpc) is 2.40. The lowest BCUT2D eigenvalue weighted by Gasteiger charge is -2.20. The first-order valence-corrected chi connectivity index (χ1v) is 8.85. The number of hydrogen-bond donors (Lipinski definition) is 3. The minimum atomic E-state index is -3.64. The molecule has 8 nitrogen and oxygen atoms in total. The summed E-state index contributed by atoms with van der Waals surface area (Å²) in [5.74, 6) is -2.33. The molecule has 0 fully saturated rings. The molecule has 9 heteroatoms. The van der Waals surface area contributed by atoms with Crippen LogP contribution in [0.3, 0.4) is 0 Å². The zero-order valence-electron chi connectivity index (χ0n) is 13.5. The third kappa shape index (κ3) is 8.96. The van der Waals surface area contributed by atoms with Gasteiger partial charge in [0.05, 0.1) is 25.0 Å². The molecule has 0 heterocycles. The Bertz CT molecular complexity index is 463. The fraction of sp³-hybridized carbons (Fsp3) is 0.846. The third-order valence-corrected chi connectivity index (χ3v) is 4.34. The number of carboxylic acids is 1. The van der Waals surface area contributed by atoms with Crippen molar-refractivity contribution in [3.8, 4) is 0 Å². The number of rotatable bonds is 11. The molecule has 1 amide bonds. The third-order valence-electron chi connectivity index (χ3n) is 3.05. The summed E-state index contributed by atoms with van der Waals surface area (Å²) >= 11 is 0. The summed E-state index contributed by atoms with van der Waals surface area (Å²) in [5, 5.41) is 11.4. The highest BCUT2D eigenvalue weighted by atomic mass is 32.2. The summed E-state index contributed by atoms with van der Waals surface area (Å²) in [6.07, 6.45) is 0.501. The maximum Gasteiger partial charge on any atom is 0.326 e. The summed E-state index contributed by atoms with van der Waals surface area (Å²) in [6.45, 7) is 6.61. The molecule has 0 aliphatic carbocycles. The molecule has 0 saturated carbocycles. The van der Waals surface area contributed by atoms with Gasteiger partial charge in [-0.05, 0) is 19.8 Å². The van der Waals surface area contributed by atoms with Gasteiger partial charge in [-0.25, -0.2) is 17.9 Å². The maximum atomic E-state index is 11.7. The second-order valence-corrected chi connectivity index (χ2v) is 7.25. The van der Waals surface area contributed by atoms with Crippen molar-refractivity contribution >= 4 is 21.9 Å². The minimum absolute atomic E-state index is 0.0270. The van der Waals surface area contributed by atoms with Crippen molar-refractivity contribution in [3.63, 3.8) is 0 Å². The molecular weight excluding hydrogens is 312 g/mol. The van der Waals surface area contributed by atoms with E-state index in [9.17, 15) is 18.0 Å². The number of nitrogens with one attached hydrogen (secondary N) is 2. The molecule has 0 radical (unpaired) electrons. The number of sulfonamides is 1. The molecule has 0 bridgehead atoms. The maximum absolute atomic E-state index is 11.7. The van der Waals surface area contributed by atoms with E-state index in [0.29, 0.717) is 6.42 Å². The average molecular weight is 338 g/mol. The van der Waals surface area contributed by atoms with E-state index in [1.54, 1.807) is 20.8 Å². The number of hydrogen-bond acceptors (Lipinski definition) is 5. The number of amides is 1. The van der Waals surface area contributed by atoms with Crippen LogP contribution in [0, 0.1) is 5.92 Å². The number of carboxylic acid groups (broad SMARTS) is 1. The van der Waals surface area contributed by atoms with E-state index in [0.717, 1.165) is 0 Å². The molecule has 22 heavy (non-hydrogen) atoms. The molecule has 3 N–H and O–H groups in total. The lowest BCUT2D eigenvalue weighted by atomic mass is 9.99. The van der Waals surface area contributed by atoms with Crippen molar-refractivity contribution in [1.29, 1.82) is 0 Å². The standard InChI is InChI=1S/C13H26N2O6S/c1-5-10(4)12(13(17)18)15-11(16)8-14-22(19,20)7-6-21-9(2)3/h9-10,12,14H,5-8H2,1-4H3,(H,15,16)(H,17,18)/t10-,12-/m0/s1. The number of aliphatic carboxylic acids is 1. The molecule has 0 aliphatic rings. The Balaban J connectivity index is 4.34. The lowest BCUT2D eigenvalue weighted by Crippen LogP contribution is -2.48. The Morgan fingerprint density at radius 1 is 1.23 bits per heavy atom. The van der Waals surface area contributed by atoms with Gasteiger partial charge in [0.2, 0.25) is 15.9 Å². The van der Waals surface area contributed by atoms with Crippen LogP contribution in [-0.2, 0) is 24.3 Å². The molecular formula is C13H26N2O6S. The largest absolute Gasteiger partial charge is 0.480 e. The van der Waals surface area contributed by atoms with Crippen molar-refractivity contribution < 1.29 is 27.9 Å². The van der Waals surface area contributed by atoms with E-state index in [1.165, 1.54) is 0 Å². The van der Waals surface area contributed by atoms with Gasteiger partial charge < -0.3 is 15.2 Å². The van der Waals surface area contributed by atoms with Crippen LogP contribution in [0.2, 0.25) is 0 Å². The zero-order valence-corrected chi connectivity index (χ0v) is 14.3. The molecule has 0 aromatic heterocycles. The molecule has 0 spiro atoms. The molecule has 0 rings (SSSR count). The summed E-state index contributed by atoms with van der Waals surface area (Å²) in [5.41, 5.74) is 0.